The Bertz CT molecular complexity index is 733. The van der Waals surface area contributed by atoms with Gasteiger partial charge in [-0.2, -0.15) is 4.39 Å². The molecule has 2 aromatic rings. The van der Waals surface area contributed by atoms with Crippen LogP contribution in [0.15, 0.2) is 12.1 Å². The van der Waals surface area contributed by atoms with E-state index in [1.165, 1.54) is 0 Å². The van der Waals surface area contributed by atoms with Crippen LogP contribution in [0.3, 0.4) is 0 Å². The molecule has 0 fully saturated rings. The first-order chi connectivity index (χ1) is 9.75. The van der Waals surface area contributed by atoms with Gasteiger partial charge >= 0.3 is 5.97 Å². The third-order valence-electron chi connectivity index (χ3n) is 2.54. The zero-order chi connectivity index (χ0) is 15.9. The Hall–Kier alpha value is -2.58. The first-order valence-electron chi connectivity index (χ1n) is 5.17. The number of carboxylic acid groups (broad SMARTS) is 1. The Balaban J connectivity index is 2.92. The van der Waals surface area contributed by atoms with Crippen LogP contribution >= 0.6 is 0 Å². The van der Waals surface area contributed by atoms with Crippen LogP contribution in [0.2, 0.25) is 0 Å². The summed E-state index contributed by atoms with van der Waals surface area (Å²) in [5.41, 5.74) is -3.72. The molecule has 0 atom stereocenters. The van der Waals surface area contributed by atoms with Crippen molar-refractivity contribution in [3.8, 4) is 11.3 Å². The highest BCUT2D eigenvalue weighted by molar-refractivity contribution is 5.94. The predicted molar refractivity (Wildman–Crippen MR) is 56.4 cm³/mol. The highest BCUT2D eigenvalue weighted by atomic mass is 19.2. The van der Waals surface area contributed by atoms with Crippen molar-refractivity contribution in [3.63, 3.8) is 0 Å². The van der Waals surface area contributed by atoms with Crippen molar-refractivity contribution in [1.82, 2.24) is 4.98 Å². The molecule has 0 aliphatic heterocycles. The molecule has 3 nitrogen and oxygen atoms in total. The first kappa shape index (κ1) is 14.8. The minimum Gasteiger partial charge on any atom is -0.478 e. The number of pyridine rings is 1. The number of aromatic nitrogens is 1. The van der Waals surface area contributed by atoms with Crippen LogP contribution in [0.25, 0.3) is 11.3 Å². The van der Waals surface area contributed by atoms with Crippen molar-refractivity contribution in [3.05, 3.63) is 52.7 Å². The Labute approximate surface area is 112 Å². The Morgan fingerprint density at radius 2 is 1.33 bits per heavy atom. The molecule has 0 unspecified atom stereocenters. The zero-order valence-corrected chi connectivity index (χ0v) is 9.73. The van der Waals surface area contributed by atoms with Crippen molar-refractivity contribution in [1.29, 1.82) is 0 Å². The maximum absolute atomic E-state index is 13.6. The van der Waals surface area contributed by atoms with Gasteiger partial charge in [0.25, 0.3) is 0 Å². The molecular weight excluding hydrogens is 304 g/mol. The molecule has 0 saturated carbocycles. The lowest BCUT2D eigenvalue weighted by Gasteiger charge is -2.10. The Morgan fingerprint density at radius 1 is 0.857 bits per heavy atom. The van der Waals surface area contributed by atoms with Crippen molar-refractivity contribution < 1.29 is 36.2 Å². The van der Waals surface area contributed by atoms with E-state index in [1.54, 1.807) is 0 Å². The van der Waals surface area contributed by atoms with Crippen LogP contribution in [-0.4, -0.2) is 16.1 Å². The molecular formula is C12H3F6NO2. The summed E-state index contributed by atoms with van der Waals surface area (Å²) >= 11 is 0. The summed E-state index contributed by atoms with van der Waals surface area (Å²) in [4.78, 5) is 13.8. The lowest BCUT2D eigenvalue weighted by atomic mass is 10.0. The standard InChI is InChI=1S/C12H3F6NO2/c13-4-2-1-3(12(20)21)11(19-4)5-6(14)8(16)10(18)9(17)7(5)15/h1-2H,(H,20,21). The van der Waals surface area contributed by atoms with Gasteiger partial charge in [0.2, 0.25) is 11.8 Å². The molecule has 0 aliphatic carbocycles. The van der Waals surface area contributed by atoms with Gasteiger partial charge in [-0.15, -0.1) is 0 Å². The normalized spacial score (nSPS) is 10.8. The number of carboxylic acids is 1. The summed E-state index contributed by atoms with van der Waals surface area (Å²) in [5, 5.41) is 8.82. The molecule has 0 saturated heterocycles. The number of carbonyl (C=O) groups is 1. The molecule has 110 valence electrons. The fourth-order valence-corrected chi connectivity index (χ4v) is 1.61. The number of hydrogen-bond donors (Lipinski definition) is 1. The van der Waals surface area contributed by atoms with Crippen molar-refractivity contribution in [2.24, 2.45) is 0 Å². The van der Waals surface area contributed by atoms with E-state index in [9.17, 15) is 31.1 Å². The fourth-order valence-electron chi connectivity index (χ4n) is 1.61. The molecule has 21 heavy (non-hydrogen) atoms. The monoisotopic (exact) mass is 307 g/mol. The summed E-state index contributed by atoms with van der Waals surface area (Å²) in [5.74, 6) is -14.7. The van der Waals surface area contributed by atoms with Crippen LogP contribution in [0.5, 0.6) is 0 Å². The molecule has 0 amide bonds. The van der Waals surface area contributed by atoms with Gasteiger partial charge in [0.05, 0.1) is 16.8 Å². The van der Waals surface area contributed by atoms with Gasteiger partial charge in [0, 0.05) is 0 Å². The van der Waals surface area contributed by atoms with E-state index in [-0.39, 0.29) is 0 Å². The van der Waals surface area contributed by atoms with Crippen LogP contribution in [0, 0.1) is 35.0 Å². The first-order valence-corrected chi connectivity index (χ1v) is 5.17. The molecule has 1 aromatic carbocycles. The highest BCUT2D eigenvalue weighted by Gasteiger charge is 2.30. The second-order valence-electron chi connectivity index (χ2n) is 3.78. The van der Waals surface area contributed by atoms with E-state index in [0.717, 1.165) is 0 Å². The van der Waals surface area contributed by atoms with Crippen molar-refractivity contribution in [2.45, 2.75) is 0 Å². The summed E-state index contributed by atoms with van der Waals surface area (Å²) in [6.45, 7) is 0. The molecule has 1 aromatic heterocycles. The molecule has 0 bridgehead atoms. The molecule has 0 aliphatic rings. The maximum Gasteiger partial charge on any atom is 0.337 e. The molecule has 1 heterocycles. The molecule has 2 rings (SSSR count). The lowest BCUT2D eigenvalue weighted by Crippen LogP contribution is -2.09. The third kappa shape index (κ3) is 2.30. The SMILES string of the molecule is O=C(O)c1ccc(F)nc1-c1c(F)c(F)c(F)c(F)c1F. The van der Waals surface area contributed by atoms with Gasteiger partial charge in [-0.25, -0.2) is 31.7 Å². The fraction of sp³-hybridized carbons (Fsp3) is 0. The van der Waals surface area contributed by atoms with Crippen LogP contribution in [-0.2, 0) is 0 Å². The third-order valence-corrected chi connectivity index (χ3v) is 2.54. The predicted octanol–water partition coefficient (Wildman–Crippen LogP) is 3.28. The van der Waals surface area contributed by atoms with E-state index in [4.69, 9.17) is 5.11 Å². The van der Waals surface area contributed by atoms with E-state index in [1.807, 2.05) is 0 Å². The Morgan fingerprint density at radius 3 is 1.81 bits per heavy atom. The van der Waals surface area contributed by atoms with Crippen LogP contribution in [0.4, 0.5) is 26.3 Å². The number of aromatic carboxylic acids is 1. The van der Waals surface area contributed by atoms with Gasteiger partial charge in [0.15, 0.2) is 23.3 Å². The Kier molecular flexibility index (Phi) is 3.58. The molecule has 9 heteroatoms. The van der Waals surface area contributed by atoms with E-state index in [0.29, 0.717) is 12.1 Å². The molecule has 0 spiro atoms. The number of rotatable bonds is 2. The number of nitrogens with zero attached hydrogens (tertiary/aromatic N) is 1. The van der Waals surface area contributed by atoms with Crippen molar-refractivity contribution >= 4 is 5.97 Å². The van der Waals surface area contributed by atoms with Gasteiger partial charge in [-0.1, -0.05) is 0 Å². The average molecular weight is 307 g/mol. The topological polar surface area (TPSA) is 50.2 Å². The number of benzene rings is 1. The minimum atomic E-state index is -2.41. The van der Waals surface area contributed by atoms with Crippen LogP contribution in [0.1, 0.15) is 10.4 Å². The van der Waals surface area contributed by atoms with Crippen LogP contribution < -0.4 is 0 Å². The number of halogens is 6. The van der Waals surface area contributed by atoms with Gasteiger partial charge in [-0.3, -0.25) is 0 Å². The lowest BCUT2D eigenvalue weighted by molar-refractivity contribution is 0.0697. The van der Waals surface area contributed by atoms with E-state index < -0.39 is 57.8 Å². The minimum absolute atomic E-state index is 0.568. The van der Waals surface area contributed by atoms with Crippen molar-refractivity contribution in [2.75, 3.05) is 0 Å². The summed E-state index contributed by atoms with van der Waals surface area (Å²) in [7, 11) is 0. The summed E-state index contributed by atoms with van der Waals surface area (Å²) < 4.78 is 79.3. The summed E-state index contributed by atoms with van der Waals surface area (Å²) in [6, 6.07) is 1.16. The highest BCUT2D eigenvalue weighted by Crippen LogP contribution is 2.32. The van der Waals surface area contributed by atoms with Gasteiger partial charge in [0.1, 0.15) is 0 Å². The van der Waals surface area contributed by atoms with E-state index in [2.05, 4.69) is 4.98 Å². The number of hydrogen-bond acceptors (Lipinski definition) is 2. The summed E-state index contributed by atoms with van der Waals surface area (Å²) in [6.07, 6.45) is 0. The quantitative estimate of drug-likeness (QED) is 0.401. The van der Waals surface area contributed by atoms with E-state index >= 15 is 0 Å². The second kappa shape index (κ2) is 5.08. The maximum atomic E-state index is 13.6. The van der Waals surface area contributed by atoms with Gasteiger partial charge < -0.3 is 5.11 Å². The zero-order valence-electron chi connectivity index (χ0n) is 9.73. The largest absolute Gasteiger partial charge is 0.478 e. The molecule has 0 radical (unpaired) electrons. The molecule has 1 N–H and O–H groups in total. The van der Waals surface area contributed by atoms with Gasteiger partial charge in [-0.05, 0) is 12.1 Å². The average Bonchev–Trinajstić information content (AvgIpc) is 2.43. The second-order valence-corrected chi connectivity index (χ2v) is 3.78. The smallest absolute Gasteiger partial charge is 0.337 e.